The van der Waals surface area contributed by atoms with Crippen molar-refractivity contribution in [2.75, 3.05) is 13.1 Å². The first kappa shape index (κ1) is 14.3. The molecule has 3 rings (SSSR count). The Morgan fingerprint density at radius 3 is 2.45 bits per heavy atom. The number of nitrogens with one attached hydrogen (secondary N) is 1. The van der Waals surface area contributed by atoms with Gasteiger partial charge in [-0.3, -0.25) is 0 Å². The lowest BCUT2D eigenvalue weighted by Crippen LogP contribution is -2.45. The predicted octanol–water partition coefficient (Wildman–Crippen LogP) is 0.979. The number of piperidine rings is 1. The molecule has 8 heteroatoms. The Bertz CT molecular complexity index is 589. The molecular weight excluding hydrogens is 300 g/mol. The topological polar surface area (TPSA) is 67.2 Å². The van der Waals surface area contributed by atoms with Gasteiger partial charge >= 0.3 is 0 Å². The SMILES string of the molecule is Cn1cnc(S(=O)(=O)NC2CCN(C3CC3)CC2)c1Cl. The molecule has 1 aliphatic carbocycles. The van der Waals surface area contributed by atoms with Gasteiger partial charge in [0.2, 0.25) is 5.03 Å². The minimum atomic E-state index is -3.62. The van der Waals surface area contributed by atoms with E-state index in [-0.39, 0.29) is 16.2 Å². The molecule has 0 amide bonds. The molecule has 20 heavy (non-hydrogen) atoms. The molecule has 1 saturated heterocycles. The van der Waals surface area contributed by atoms with E-state index < -0.39 is 10.0 Å². The monoisotopic (exact) mass is 318 g/mol. The van der Waals surface area contributed by atoms with Gasteiger partial charge in [-0.2, -0.15) is 0 Å². The Morgan fingerprint density at radius 1 is 1.30 bits per heavy atom. The molecule has 1 N–H and O–H groups in total. The van der Waals surface area contributed by atoms with Crippen LogP contribution in [0.4, 0.5) is 0 Å². The largest absolute Gasteiger partial charge is 0.324 e. The average molecular weight is 319 g/mol. The summed E-state index contributed by atoms with van der Waals surface area (Å²) in [5.41, 5.74) is 0. The van der Waals surface area contributed by atoms with Gasteiger partial charge < -0.3 is 9.47 Å². The molecule has 1 aliphatic heterocycles. The van der Waals surface area contributed by atoms with Crippen molar-refractivity contribution in [2.45, 2.75) is 42.8 Å². The van der Waals surface area contributed by atoms with Gasteiger partial charge in [0.25, 0.3) is 10.0 Å². The van der Waals surface area contributed by atoms with Crippen molar-refractivity contribution in [1.82, 2.24) is 19.2 Å². The van der Waals surface area contributed by atoms with Crippen LogP contribution in [0.3, 0.4) is 0 Å². The lowest BCUT2D eigenvalue weighted by molar-refractivity contribution is 0.199. The van der Waals surface area contributed by atoms with E-state index in [9.17, 15) is 8.42 Å². The van der Waals surface area contributed by atoms with Crippen LogP contribution in [0.1, 0.15) is 25.7 Å². The average Bonchev–Trinajstić information content (AvgIpc) is 3.18. The summed E-state index contributed by atoms with van der Waals surface area (Å²) < 4.78 is 28.8. The molecule has 2 fully saturated rings. The number of imidazole rings is 1. The van der Waals surface area contributed by atoms with Crippen LogP contribution in [0.2, 0.25) is 5.15 Å². The number of aromatic nitrogens is 2. The van der Waals surface area contributed by atoms with Gasteiger partial charge in [0, 0.05) is 19.1 Å². The second-order valence-electron chi connectivity index (χ2n) is 5.61. The van der Waals surface area contributed by atoms with Crippen LogP contribution >= 0.6 is 11.6 Å². The minimum Gasteiger partial charge on any atom is -0.324 e. The van der Waals surface area contributed by atoms with Crippen LogP contribution in [0.25, 0.3) is 0 Å². The van der Waals surface area contributed by atoms with Crippen LogP contribution in [-0.4, -0.2) is 48.0 Å². The molecule has 1 aromatic rings. The Labute approximate surface area is 124 Å². The number of sulfonamides is 1. The van der Waals surface area contributed by atoms with E-state index in [1.807, 2.05) is 0 Å². The van der Waals surface area contributed by atoms with Crippen molar-refractivity contribution in [3.63, 3.8) is 0 Å². The summed E-state index contributed by atoms with van der Waals surface area (Å²) in [6.45, 7) is 1.93. The van der Waals surface area contributed by atoms with Crippen molar-refractivity contribution in [3.8, 4) is 0 Å². The smallest absolute Gasteiger partial charge is 0.261 e. The molecule has 0 spiro atoms. The van der Waals surface area contributed by atoms with Crippen LogP contribution in [0.15, 0.2) is 11.4 Å². The van der Waals surface area contributed by atoms with E-state index in [1.165, 1.54) is 23.7 Å². The third kappa shape index (κ3) is 2.86. The quantitative estimate of drug-likeness (QED) is 0.898. The van der Waals surface area contributed by atoms with Crippen molar-refractivity contribution in [3.05, 3.63) is 11.5 Å². The number of halogens is 1. The zero-order valence-corrected chi connectivity index (χ0v) is 13.0. The summed E-state index contributed by atoms with van der Waals surface area (Å²) in [6, 6.07) is 0.728. The molecule has 0 unspecified atom stereocenters. The Hall–Kier alpha value is -0.630. The zero-order chi connectivity index (χ0) is 14.3. The first-order valence-electron chi connectivity index (χ1n) is 6.90. The maximum atomic E-state index is 12.3. The van der Waals surface area contributed by atoms with E-state index in [0.29, 0.717) is 0 Å². The Balaban J connectivity index is 1.63. The van der Waals surface area contributed by atoms with Crippen LogP contribution < -0.4 is 4.72 Å². The fraction of sp³-hybridized carbons (Fsp3) is 0.750. The molecule has 2 aliphatic rings. The zero-order valence-electron chi connectivity index (χ0n) is 11.4. The van der Waals surface area contributed by atoms with Gasteiger partial charge in [0.15, 0.2) is 0 Å². The van der Waals surface area contributed by atoms with Gasteiger partial charge in [-0.25, -0.2) is 18.1 Å². The molecule has 0 bridgehead atoms. The summed E-state index contributed by atoms with van der Waals surface area (Å²) in [5, 5.41) is 0.0687. The van der Waals surface area contributed by atoms with Gasteiger partial charge in [-0.1, -0.05) is 11.6 Å². The number of likely N-dealkylation sites (tertiary alicyclic amines) is 1. The molecule has 2 heterocycles. The maximum absolute atomic E-state index is 12.3. The van der Waals surface area contributed by atoms with Crippen molar-refractivity contribution < 1.29 is 8.42 Å². The highest BCUT2D eigenvalue weighted by Crippen LogP contribution is 2.29. The highest BCUT2D eigenvalue weighted by atomic mass is 35.5. The second-order valence-corrected chi connectivity index (χ2v) is 7.60. The van der Waals surface area contributed by atoms with E-state index in [1.54, 1.807) is 7.05 Å². The summed E-state index contributed by atoms with van der Waals surface area (Å²) in [6.07, 6.45) is 5.69. The highest BCUT2D eigenvalue weighted by Gasteiger charge is 2.33. The molecule has 112 valence electrons. The van der Waals surface area contributed by atoms with Gasteiger partial charge in [0.1, 0.15) is 5.15 Å². The van der Waals surface area contributed by atoms with E-state index in [0.717, 1.165) is 32.0 Å². The number of hydrogen-bond acceptors (Lipinski definition) is 4. The lowest BCUT2D eigenvalue weighted by Gasteiger charge is -2.32. The first-order chi connectivity index (χ1) is 9.47. The third-order valence-corrected chi connectivity index (χ3v) is 6.01. The first-order valence-corrected chi connectivity index (χ1v) is 8.76. The van der Waals surface area contributed by atoms with Crippen molar-refractivity contribution in [2.24, 2.45) is 7.05 Å². The fourth-order valence-corrected chi connectivity index (χ4v) is 4.41. The van der Waals surface area contributed by atoms with Gasteiger partial charge in [-0.05, 0) is 38.8 Å². The van der Waals surface area contributed by atoms with E-state index in [2.05, 4.69) is 14.6 Å². The minimum absolute atomic E-state index is 0.0203. The standard InChI is InChI=1S/C12H19ClN4O2S/c1-16-8-14-12(11(16)13)20(18,19)15-9-4-6-17(7-5-9)10-2-3-10/h8-10,15H,2-7H2,1H3. The maximum Gasteiger partial charge on any atom is 0.261 e. The van der Waals surface area contributed by atoms with E-state index >= 15 is 0 Å². The normalized spacial score (nSPS) is 22.3. The van der Waals surface area contributed by atoms with Crippen LogP contribution in [0.5, 0.6) is 0 Å². The highest BCUT2D eigenvalue weighted by molar-refractivity contribution is 7.89. The molecule has 0 aromatic carbocycles. The molecule has 1 saturated carbocycles. The summed E-state index contributed by atoms with van der Waals surface area (Å²) in [4.78, 5) is 6.33. The molecule has 0 atom stereocenters. The van der Waals surface area contributed by atoms with Crippen molar-refractivity contribution in [1.29, 1.82) is 0 Å². The number of nitrogens with zero attached hydrogens (tertiary/aromatic N) is 3. The number of hydrogen-bond donors (Lipinski definition) is 1. The van der Waals surface area contributed by atoms with Gasteiger partial charge in [-0.15, -0.1) is 0 Å². The lowest BCUT2D eigenvalue weighted by atomic mass is 10.1. The van der Waals surface area contributed by atoms with Gasteiger partial charge in [0.05, 0.1) is 6.33 Å². The Kier molecular flexibility index (Phi) is 3.79. The molecule has 1 aromatic heterocycles. The fourth-order valence-electron chi connectivity index (χ4n) is 2.67. The molecule has 0 radical (unpaired) electrons. The second kappa shape index (κ2) is 5.29. The van der Waals surface area contributed by atoms with Crippen LogP contribution in [-0.2, 0) is 17.1 Å². The summed E-state index contributed by atoms with van der Waals surface area (Å²) in [5.74, 6) is 0. The third-order valence-electron chi connectivity index (χ3n) is 4.00. The van der Waals surface area contributed by atoms with E-state index in [4.69, 9.17) is 11.6 Å². The molecular formula is C12H19ClN4O2S. The Morgan fingerprint density at radius 2 is 1.95 bits per heavy atom. The predicted molar refractivity (Wildman–Crippen MR) is 76.2 cm³/mol. The molecule has 6 nitrogen and oxygen atoms in total. The van der Waals surface area contributed by atoms with Crippen molar-refractivity contribution >= 4 is 21.6 Å². The van der Waals surface area contributed by atoms with Crippen LogP contribution in [0, 0.1) is 0 Å². The number of aryl methyl sites for hydroxylation is 1. The summed E-state index contributed by atoms with van der Waals surface area (Å²) in [7, 11) is -1.96. The number of rotatable bonds is 4. The summed E-state index contributed by atoms with van der Waals surface area (Å²) >= 11 is 5.96.